The minimum atomic E-state index is -0.772. The number of H-pyrrole nitrogens is 1. The lowest BCUT2D eigenvalue weighted by Gasteiger charge is -2.31. The van der Waals surface area contributed by atoms with Gasteiger partial charge >= 0.3 is 6.09 Å². The zero-order valence-electron chi connectivity index (χ0n) is 29.0. The molecule has 0 radical (unpaired) electrons. The summed E-state index contributed by atoms with van der Waals surface area (Å²) in [7, 11) is 0. The quantitative estimate of drug-likeness (QED) is 0.106. The second kappa shape index (κ2) is 17.5. The second-order valence-electron chi connectivity index (χ2n) is 13.9. The number of phenols is 1. The number of carbonyl (C=O) groups excluding carboxylic acids is 2. The van der Waals surface area contributed by atoms with Crippen molar-refractivity contribution in [3.8, 4) is 16.9 Å². The van der Waals surface area contributed by atoms with Crippen LogP contribution in [-0.2, 0) is 9.53 Å². The summed E-state index contributed by atoms with van der Waals surface area (Å²) in [5, 5.41) is 31.0. The highest BCUT2D eigenvalue weighted by Gasteiger charge is 2.25. The number of aromatic nitrogens is 1. The Morgan fingerprint density at radius 2 is 1.57 bits per heavy atom. The Bertz CT molecular complexity index is 1820. The van der Waals surface area contributed by atoms with E-state index in [1.165, 1.54) is 12.1 Å². The molecule has 0 spiro atoms. The number of rotatable bonds is 13. The Morgan fingerprint density at radius 3 is 2.33 bits per heavy atom. The number of hydrogen-bond acceptors (Lipinski definition) is 8. The number of piperidine rings is 1. The first kappa shape index (κ1) is 36.1. The number of benzene rings is 3. The Balaban J connectivity index is 0.825. The molecule has 1 aliphatic carbocycles. The van der Waals surface area contributed by atoms with Gasteiger partial charge in [-0.2, -0.15) is 0 Å². The van der Waals surface area contributed by atoms with Crippen molar-refractivity contribution in [1.29, 1.82) is 0 Å². The van der Waals surface area contributed by atoms with E-state index in [1.54, 1.807) is 12.1 Å². The molecule has 51 heavy (non-hydrogen) atoms. The minimum Gasteiger partial charge on any atom is -0.506 e. The van der Waals surface area contributed by atoms with Crippen LogP contribution in [0.3, 0.4) is 0 Å². The smallest absolute Gasteiger partial charge is 0.411 e. The molecule has 2 heterocycles. The molecular weight excluding hydrogens is 646 g/mol. The number of anilines is 1. The van der Waals surface area contributed by atoms with Crippen LogP contribution in [0.25, 0.3) is 22.0 Å². The van der Waals surface area contributed by atoms with Gasteiger partial charge in [-0.3, -0.25) is 14.9 Å². The van der Waals surface area contributed by atoms with Gasteiger partial charge in [-0.05, 0) is 86.2 Å². The number of aliphatic hydroxyl groups excluding tert-OH is 1. The van der Waals surface area contributed by atoms with Gasteiger partial charge in [0.05, 0.1) is 17.3 Å². The fourth-order valence-corrected chi connectivity index (χ4v) is 7.33. The third-order valence-electron chi connectivity index (χ3n) is 10.3. The van der Waals surface area contributed by atoms with Crippen LogP contribution < -0.4 is 21.5 Å². The summed E-state index contributed by atoms with van der Waals surface area (Å²) in [5.41, 5.74) is 3.38. The summed E-state index contributed by atoms with van der Waals surface area (Å²) in [6.07, 6.45) is 4.82. The van der Waals surface area contributed by atoms with E-state index in [4.69, 9.17) is 4.74 Å². The molecule has 6 N–H and O–H groups in total. The van der Waals surface area contributed by atoms with Crippen molar-refractivity contribution in [3.05, 3.63) is 94.8 Å². The van der Waals surface area contributed by atoms with Gasteiger partial charge in [0.2, 0.25) is 11.5 Å². The molecule has 3 aromatic carbocycles. The molecule has 2 fully saturated rings. The van der Waals surface area contributed by atoms with Gasteiger partial charge in [0.15, 0.2) is 0 Å². The molecule has 270 valence electrons. The number of carbonyl (C=O) groups is 2. The molecule has 0 unspecified atom stereocenters. The lowest BCUT2D eigenvalue weighted by Crippen LogP contribution is -2.40. The Labute approximate surface area is 298 Å². The Kier molecular flexibility index (Phi) is 12.4. The maximum atomic E-state index is 12.7. The van der Waals surface area contributed by atoms with Crippen LogP contribution in [0.5, 0.6) is 5.75 Å². The standard InChI is InChI=1S/C40H49N5O6/c46-35-16-14-32(33-15-17-38(49)44-39(33)35)36(47)26-41-24-27-10-12-28(13-11-27)25-42-37(48)20-23-45-21-18-30(19-22-45)51-40(50)43-34-9-5-4-8-31(34)29-6-2-1-3-7-29/h1-9,14-17,27-28,30,36,41,46-47H,10-13,18-26H2,(H,42,48)(H,43,50)(H,44,49)/t27?,28?,36-/m1/s1. The molecule has 1 saturated heterocycles. The van der Waals surface area contributed by atoms with Crippen LogP contribution in [-0.4, -0.2) is 77.5 Å². The van der Waals surface area contributed by atoms with Crippen molar-refractivity contribution in [2.24, 2.45) is 11.8 Å². The summed E-state index contributed by atoms with van der Waals surface area (Å²) < 4.78 is 5.76. The zero-order chi connectivity index (χ0) is 35.6. The number of para-hydroxylation sites is 1. The lowest BCUT2D eigenvalue weighted by atomic mass is 9.82. The zero-order valence-corrected chi connectivity index (χ0v) is 29.0. The predicted octanol–water partition coefficient (Wildman–Crippen LogP) is 5.55. The van der Waals surface area contributed by atoms with Crippen molar-refractivity contribution >= 4 is 28.6 Å². The van der Waals surface area contributed by atoms with Gasteiger partial charge in [-0.15, -0.1) is 0 Å². The molecule has 2 aliphatic rings. The number of likely N-dealkylation sites (tertiary alicyclic amines) is 1. The summed E-state index contributed by atoms with van der Waals surface area (Å²) >= 11 is 0. The first-order chi connectivity index (χ1) is 24.8. The van der Waals surface area contributed by atoms with Gasteiger partial charge in [-0.1, -0.05) is 54.6 Å². The third kappa shape index (κ3) is 9.96. The van der Waals surface area contributed by atoms with Crippen molar-refractivity contribution in [3.63, 3.8) is 0 Å². The van der Waals surface area contributed by atoms with Crippen molar-refractivity contribution in [2.75, 3.05) is 44.6 Å². The minimum absolute atomic E-state index is 0.0211. The van der Waals surface area contributed by atoms with Crippen LogP contribution in [0, 0.1) is 11.8 Å². The summed E-state index contributed by atoms with van der Waals surface area (Å²) in [5.74, 6) is 1.04. The van der Waals surface area contributed by atoms with Gasteiger partial charge in [0.1, 0.15) is 11.9 Å². The van der Waals surface area contributed by atoms with Crippen molar-refractivity contribution < 1.29 is 24.5 Å². The molecule has 4 aromatic rings. The van der Waals surface area contributed by atoms with Crippen LogP contribution in [0.2, 0.25) is 0 Å². The number of fused-ring (bicyclic) bond motifs is 1. The van der Waals surface area contributed by atoms with Gasteiger partial charge < -0.3 is 35.5 Å². The molecule has 1 aliphatic heterocycles. The summed E-state index contributed by atoms with van der Waals surface area (Å²) in [6, 6.07) is 23.9. The van der Waals surface area contributed by atoms with Gasteiger partial charge in [-0.25, -0.2) is 4.79 Å². The Hall–Kier alpha value is -4.71. The molecule has 6 rings (SSSR count). The van der Waals surface area contributed by atoms with E-state index < -0.39 is 12.2 Å². The maximum Gasteiger partial charge on any atom is 0.411 e. The third-order valence-corrected chi connectivity index (χ3v) is 10.3. The van der Waals surface area contributed by atoms with Crippen LogP contribution >= 0.6 is 0 Å². The number of pyridine rings is 1. The largest absolute Gasteiger partial charge is 0.506 e. The summed E-state index contributed by atoms with van der Waals surface area (Å²) in [6.45, 7) is 4.14. The van der Waals surface area contributed by atoms with Gasteiger partial charge in [0.25, 0.3) is 0 Å². The molecule has 11 nitrogen and oxygen atoms in total. The first-order valence-corrected chi connectivity index (χ1v) is 18.2. The number of aliphatic hydroxyl groups is 1. The van der Waals surface area contributed by atoms with E-state index in [2.05, 4.69) is 25.8 Å². The molecule has 11 heteroatoms. The molecule has 1 saturated carbocycles. The van der Waals surface area contributed by atoms with Crippen molar-refractivity contribution in [2.45, 2.75) is 57.2 Å². The number of nitrogens with zero attached hydrogens (tertiary/aromatic N) is 1. The fraction of sp³-hybridized carbons (Fsp3) is 0.425. The number of aromatic hydroxyl groups is 1. The van der Waals surface area contributed by atoms with E-state index in [0.29, 0.717) is 54.4 Å². The van der Waals surface area contributed by atoms with E-state index in [0.717, 1.165) is 75.0 Å². The highest BCUT2D eigenvalue weighted by molar-refractivity contribution is 5.91. The molecular formula is C40H49N5O6. The average molecular weight is 696 g/mol. The monoisotopic (exact) mass is 695 g/mol. The first-order valence-electron chi connectivity index (χ1n) is 18.2. The van der Waals surface area contributed by atoms with E-state index >= 15 is 0 Å². The molecule has 1 aromatic heterocycles. The molecule has 1 atom stereocenters. The highest BCUT2D eigenvalue weighted by Crippen LogP contribution is 2.31. The number of hydrogen-bond donors (Lipinski definition) is 6. The van der Waals surface area contributed by atoms with Crippen LogP contribution in [0.1, 0.15) is 56.6 Å². The number of amides is 2. The molecule has 2 amide bonds. The van der Waals surface area contributed by atoms with E-state index in [-0.39, 0.29) is 23.3 Å². The number of phenolic OH excluding ortho intramolecular Hbond substituents is 1. The topological polar surface area (TPSA) is 156 Å². The number of aromatic amines is 1. The van der Waals surface area contributed by atoms with E-state index in [9.17, 15) is 24.6 Å². The van der Waals surface area contributed by atoms with E-state index in [1.807, 2.05) is 54.6 Å². The van der Waals surface area contributed by atoms with Gasteiger partial charge in [0, 0.05) is 56.2 Å². The Morgan fingerprint density at radius 1 is 0.863 bits per heavy atom. The lowest BCUT2D eigenvalue weighted by molar-refractivity contribution is -0.121. The number of nitrogens with one attached hydrogen (secondary N) is 4. The maximum absolute atomic E-state index is 12.7. The van der Waals surface area contributed by atoms with Crippen LogP contribution in [0.15, 0.2) is 83.7 Å². The van der Waals surface area contributed by atoms with Crippen LogP contribution in [0.4, 0.5) is 10.5 Å². The average Bonchev–Trinajstić information content (AvgIpc) is 3.15. The predicted molar refractivity (Wildman–Crippen MR) is 199 cm³/mol. The number of ether oxygens (including phenoxy) is 1. The normalized spacial score (nSPS) is 19.0. The summed E-state index contributed by atoms with van der Waals surface area (Å²) in [4.78, 5) is 42.0. The second-order valence-corrected chi connectivity index (χ2v) is 13.9. The fourth-order valence-electron chi connectivity index (χ4n) is 7.33. The van der Waals surface area contributed by atoms with Crippen molar-refractivity contribution in [1.82, 2.24) is 20.5 Å². The highest BCUT2D eigenvalue weighted by atomic mass is 16.6. The SMILES string of the molecule is O=C(CCN1CCC(OC(=O)Nc2ccccc2-c2ccccc2)CC1)NCC1CCC(CNC[C@@H](O)c2ccc(O)c3[nH]c(=O)ccc23)CC1. The molecule has 0 bridgehead atoms.